The molecule has 0 fully saturated rings. The van der Waals surface area contributed by atoms with Gasteiger partial charge in [0.1, 0.15) is 0 Å². The molecule has 1 aliphatic carbocycles. The first-order valence-electron chi connectivity index (χ1n) is 22.7. The molecule has 3 aliphatic rings. The average molecular weight is 824 g/mol. The van der Waals surface area contributed by atoms with Crippen molar-refractivity contribution in [3.8, 4) is 0 Å². The molecule has 2 aliphatic heterocycles. The third-order valence-corrected chi connectivity index (χ3v) is 15.3. The zero-order valence-corrected chi connectivity index (χ0v) is 37.7. The van der Waals surface area contributed by atoms with E-state index in [2.05, 4.69) is 214 Å². The van der Waals surface area contributed by atoms with E-state index in [0.29, 0.717) is 0 Å². The van der Waals surface area contributed by atoms with Gasteiger partial charge in [0.15, 0.2) is 0 Å². The maximum Gasteiger partial charge on any atom is 0.264 e. The first kappa shape index (κ1) is 38.9. The molecule has 0 bridgehead atoms. The van der Waals surface area contributed by atoms with Crippen LogP contribution >= 0.6 is 11.3 Å². The van der Waals surface area contributed by atoms with Gasteiger partial charge in [-0.1, -0.05) is 132 Å². The molecule has 11 rings (SSSR count). The van der Waals surface area contributed by atoms with Crippen LogP contribution in [-0.2, 0) is 17.3 Å². The number of thiophene rings is 1. The van der Waals surface area contributed by atoms with Crippen LogP contribution < -0.4 is 30.4 Å². The number of benzene rings is 7. The minimum atomic E-state index is 0.0579. The molecule has 0 unspecified atom stereocenters. The Bertz CT molecular complexity index is 2950. The number of para-hydroxylation sites is 2. The molecular weight excluding hydrogens is 770 g/mol. The molecule has 0 spiro atoms. The zero-order chi connectivity index (χ0) is 42.3. The number of hydrogen-bond acceptors (Lipinski definition) is 4. The molecule has 0 amide bonds. The summed E-state index contributed by atoms with van der Waals surface area (Å²) in [6, 6.07) is 59.9. The van der Waals surface area contributed by atoms with E-state index in [4.69, 9.17) is 0 Å². The molecule has 1 aromatic heterocycles. The lowest BCUT2D eigenvalue weighted by Gasteiger charge is -2.45. The van der Waals surface area contributed by atoms with E-state index in [0.717, 1.165) is 23.5 Å². The van der Waals surface area contributed by atoms with E-state index in [1.807, 2.05) is 11.3 Å². The van der Waals surface area contributed by atoms with Crippen LogP contribution in [0.25, 0.3) is 10.1 Å². The fraction of sp³-hybridized carbons (Fsp3) is 0.228. The summed E-state index contributed by atoms with van der Waals surface area (Å²) in [4.78, 5) is 7.67. The van der Waals surface area contributed by atoms with Crippen molar-refractivity contribution in [1.82, 2.24) is 0 Å². The summed E-state index contributed by atoms with van der Waals surface area (Å²) in [5, 5.41) is 1.31. The second-order valence-electron chi connectivity index (χ2n) is 19.1. The smallest absolute Gasteiger partial charge is 0.264 e. The van der Waals surface area contributed by atoms with Crippen molar-refractivity contribution >= 4 is 95.0 Å². The molecule has 7 aromatic carbocycles. The van der Waals surface area contributed by atoms with Crippen LogP contribution in [0.3, 0.4) is 0 Å². The van der Waals surface area contributed by atoms with E-state index in [-0.39, 0.29) is 17.5 Å². The van der Waals surface area contributed by atoms with Crippen LogP contribution in [-0.4, -0.2) is 6.71 Å². The first-order chi connectivity index (χ1) is 30.1. The van der Waals surface area contributed by atoms with Gasteiger partial charge in [0.2, 0.25) is 0 Å². The Morgan fingerprint density at radius 2 is 1.23 bits per heavy atom. The SMILES string of the molecule is CCCCc1ccc(N2c3ccc(C)cc3B3c4sc5ccccc5c4N(c4ccc5c(c4)C(C)(C)CCC5(C)C)c4cc(N(c5ccccc5)c5ccccc5)cc2c43)cc1. The molecule has 3 heterocycles. The Kier molecular flexibility index (Phi) is 9.28. The first-order valence-corrected chi connectivity index (χ1v) is 23.5. The van der Waals surface area contributed by atoms with E-state index in [1.165, 1.54) is 108 Å². The highest BCUT2D eigenvalue weighted by molar-refractivity contribution is 7.33. The summed E-state index contributed by atoms with van der Waals surface area (Å²) >= 11 is 1.97. The predicted molar refractivity (Wildman–Crippen MR) is 269 cm³/mol. The maximum absolute atomic E-state index is 2.66. The van der Waals surface area contributed by atoms with E-state index in [1.54, 1.807) is 0 Å². The Hall–Kier alpha value is -6.04. The number of anilines is 9. The van der Waals surface area contributed by atoms with Crippen LogP contribution in [0.4, 0.5) is 51.2 Å². The van der Waals surface area contributed by atoms with E-state index < -0.39 is 0 Å². The summed E-state index contributed by atoms with van der Waals surface area (Å²) in [5.74, 6) is 0. The van der Waals surface area contributed by atoms with Crippen molar-refractivity contribution < 1.29 is 0 Å². The molecule has 62 heavy (non-hydrogen) atoms. The van der Waals surface area contributed by atoms with Crippen molar-refractivity contribution in [2.75, 3.05) is 14.7 Å². The number of fused-ring (bicyclic) bond motifs is 7. The third kappa shape index (κ3) is 6.22. The monoisotopic (exact) mass is 823 g/mol. The fourth-order valence-corrected chi connectivity index (χ4v) is 12.0. The molecule has 0 radical (unpaired) electrons. The van der Waals surface area contributed by atoms with Gasteiger partial charge in [-0.05, 0) is 144 Å². The zero-order valence-electron chi connectivity index (χ0n) is 36.9. The van der Waals surface area contributed by atoms with Crippen molar-refractivity contribution in [3.63, 3.8) is 0 Å². The number of aryl methyl sites for hydroxylation is 2. The average Bonchev–Trinajstić information content (AvgIpc) is 3.67. The molecule has 3 nitrogen and oxygen atoms in total. The van der Waals surface area contributed by atoms with Gasteiger partial charge in [0.25, 0.3) is 6.71 Å². The van der Waals surface area contributed by atoms with Crippen LogP contribution in [0.2, 0.25) is 0 Å². The minimum Gasteiger partial charge on any atom is -0.311 e. The predicted octanol–water partition coefficient (Wildman–Crippen LogP) is 14.5. The fourth-order valence-electron chi connectivity index (χ4n) is 10.7. The highest BCUT2D eigenvalue weighted by Gasteiger charge is 2.46. The summed E-state index contributed by atoms with van der Waals surface area (Å²) in [6.07, 6.45) is 5.84. The molecule has 8 aromatic rings. The van der Waals surface area contributed by atoms with Crippen LogP contribution in [0.5, 0.6) is 0 Å². The second kappa shape index (κ2) is 14.8. The minimum absolute atomic E-state index is 0.0579. The van der Waals surface area contributed by atoms with Gasteiger partial charge in [-0.15, -0.1) is 11.3 Å². The highest BCUT2D eigenvalue weighted by Crippen LogP contribution is 2.53. The third-order valence-electron chi connectivity index (χ3n) is 14.1. The van der Waals surface area contributed by atoms with Gasteiger partial charge in [0, 0.05) is 54.7 Å². The molecule has 0 atom stereocenters. The summed E-state index contributed by atoms with van der Waals surface area (Å²) in [6.45, 7) is 14.4. The number of nitrogens with zero attached hydrogens (tertiary/aromatic N) is 3. The van der Waals surface area contributed by atoms with Gasteiger partial charge < -0.3 is 14.7 Å². The largest absolute Gasteiger partial charge is 0.311 e. The summed E-state index contributed by atoms with van der Waals surface area (Å²) in [7, 11) is 0. The van der Waals surface area contributed by atoms with Gasteiger partial charge >= 0.3 is 0 Å². The highest BCUT2D eigenvalue weighted by atomic mass is 32.1. The number of hydrogen-bond donors (Lipinski definition) is 0. The van der Waals surface area contributed by atoms with Crippen molar-refractivity contribution in [1.29, 1.82) is 0 Å². The molecular formula is C57H54BN3S. The topological polar surface area (TPSA) is 9.72 Å². The summed E-state index contributed by atoms with van der Waals surface area (Å²) < 4.78 is 2.74. The van der Waals surface area contributed by atoms with Gasteiger partial charge in [-0.3, -0.25) is 0 Å². The normalized spacial score (nSPS) is 15.5. The molecule has 0 N–H and O–H groups in total. The van der Waals surface area contributed by atoms with Crippen LogP contribution in [0.1, 0.15) is 82.6 Å². The Labute approximate surface area is 372 Å². The quantitative estimate of drug-likeness (QED) is 0.141. The maximum atomic E-state index is 2.66. The van der Waals surface area contributed by atoms with E-state index in [9.17, 15) is 0 Å². The Morgan fingerprint density at radius 3 is 1.92 bits per heavy atom. The molecule has 0 saturated carbocycles. The second-order valence-corrected chi connectivity index (χ2v) is 20.2. The number of unbranched alkanes of at least 4 members (excludes halogenated alkanes) is 1. The van der Waals surface area contributed by atoms with Crippen molar-refractivity contribution in [3.05, 3.63) is 180 Å². The molecule has 5 heteroatoms. The van der Waals surface area contributed by atoms with E-state index >= 15 is 0 Å². The van der Waals surface area contributed by atoms with Crippen LogP contribution in [0.15, 0.2) is 158 Å². The summed E-state index contributed by atoms with van der Waals surface area (Å²) in [5.41, 5.74) is 19.4. The molecule has 0 saturated heterocycles. The Morgan fingerprint density at radius 1 is 0.597 bits per heavy atom. The standard InChI is InChI=1S/C57H54BN3S/c1-7-8-17-39-25-27-42(28-26-39)60-49-31-24-38(2)34-48(49)58-53-50(60)36-44(59(40-18-11-9-12-19-40)41-20-13-10-14-21-41)37-51(53)61(54-45-22-15-16-23-52(45)62-55(54)58)43-29-30-46-47(35-43)57(5,6)33-32-56(46,3)4/h9-16,18-31,34-37H,7-8,17,32-33H2,1-6H3. The van der Waals surface area contributed by atoms with Gasteiger partial charge in [-0.25, -0.2) is 0 Å². The van der Waals surface area contributed by atoms with Crippen molar-refractivity contribution in [2.45, 2.75) is 84.5 Å². The molecule has 306 valence electrons. The van der Waals surface area contributed by atoms with Crippen molar-refractivity contribution in [2.24, 2.45) is 0 Å². The lowest BCUT2D eigenvalue weighted by molar-refractivity contribution is 0.332. The lowest BCUT2D eigenvalue weighted by Crippen LogP contribution is -2.60. The van der Waals surface area contributed by atoms with Gasteiger partial charge in [-0.2, -0.15) is 0 Å². The van der Waals surface area contributed by atoms with Crippen LogP contribution in [0, 0.1) is 6.92 Å². The Balaban J connectivity index is 1.26. The lowest BCUT2D eigenvalue weighted by atomic mass is 9.36. The number of rotatable bonds is 8. The van der Waals surface area contributed by atoms with Gasteiger partial charge in [0.05, 0.1) is 11.4 Å².